The van der Waals surface area contributed by atoms with Gasteiger partial charge in [-0.1, -0.05) is 6.92 Å². The molecule has 0 atom stereocenters. The number of hydrogen-bond acceptors (Lipinski definition) is 3. The van der Waals surface area contributed by atoms with E-state index in [2.05, 4.69) is 22.9 Å². The van der Waals surface area contributed by atoms with Crippen LogP contribution in [0.4, 0.5) is 5.82 Å². The highest BCUT2D eigenvalue weighted by Crippen LogP contribution is 2.32. The lowest BCUT2D eigenvalue weighted by molar-refractivity contribution is 0.696. The van der Waals surface area contributed by atoms with E-state index in [1.807, 2.05) is 19.9 Å². The van der Waals surface area contributed by atoms with Crippen LogP contribution >= 0.6 is 0 Å². The quantitative estimate of drug-likeness (QED) is 0.797. The summed E-state index contributed by atoms with van der Waals surface area (Å²) in [6, 6.07) is 4.31. The topological polar surface area (TPSA) is 39.9 Å². The minimum atomic E-state index is 0.745. The van der Waals surface area contributed by atoms with Crippen LogP contribution in [0.1, 0.15) is 43.0 Å². The first-order valence-electron chi connectivity index (χ1n) is 6.79. The smallest absolute Gasteiger partial charge is 0.147 e. The van der Waals surface area contributed by atoms with Gasteiger partial charge in [0.15, 0.2) is 0 Å². The minimum absolute atomic E-state index is 0.745. The number of rotatable bonds is 5. The molecule has 0 amide bonds. The van der Waals surface area contributed by atoms with E-state index in [-0.39, 0.29) is 0 Å². The molecule has 0 radical (unpaired) electrons. The van der Waals surface area contributed by atoms with E-state index in [9.17, 15) is 5.26 Å². The van der Waals surface area contributed by atoms with Gasteiger partial charge in [-0.2, -0.15) is 5.26 Å². The molecule has 0 bridgehead atoms. The van der Waals surface area contributed by atoms with Gasteiger partial charge in [0.1, 0.15) is 11.9 Å². The average Bonchev–Trinajstić information content (AvgIpc) is 3.11. The molecule has 3 heteroatoms. The molecule has 0 saturated heterocycles. The van der Waals surface area contributed by atoms with Crippen molar-refractivity contribution in [2.75, 3.05) is 18.0 Å². The third-order valence-electron chi connectivity index (χ3n) is 3.41. The van der Waals surface area contributed by atoms with Crippen LogP contribution in [0.5, 0.6) is 0 Å². The van der Waals surface area contributed by atoms with Crippen molar-refractivity contribution in [1.29, 1.82) is 5.26 Å². The first kappa shape index (κ1) is 12.9. The van der Waals surface area contributed by atoms with Crippen molar-refractivity contribution < 1.29 is 0 Å². The molecule has 18 heavy (non-hydrogen) atoms. The van der Waals surface area contributed by atoms with E-state index in [1.165, 1.54) is 12.8 Å². The van der Waals surface area contributed by atoms with Gasteiger partial charge in [-0.25, -0.2) is 4.98 Å². The summed E-state index contributed by atoms with van der Waals surface area (Å²) in [5.41, 5.74) is 2.78. The molecule has 0 unspecified atom stereocenters. The van der Waals surface area contributed by atoms with Crippen LogP contribution in [0.3, 0.4) is 0 Å². The minimum Gasteiger partial charge on any atom is -0.355 e. The van der Waals surface area contributed by atoms with Crippen molar-refractivity contribution in [3.8, 4) is 6.07 Å². The first-order valence-corrected chi connectivity index (χ1v) is 6.79. The lowest BCUT2D eigenvalue weighted by Gasteiger charge is -2.25. The summed E-state index contributed by atoms with van der Waals surface area (Å²) in [5.74, 6) is 1.70. The zero-order valence-electron chi connectivity index (χ0n) is 11.5. The summed E-state index contributed by atoms with van der Waals surface area (Å²) < 4.78 is 0. The maximum atomic E-state index is 9.34. The predicted molar refractivity (Wildman–Crippen MR) is 73.7 cm³/mol. The number of hydrogen-bond donors (Lipinski definition) is 0. The maximum Gasteiger partial charge on any atom is 0.147 e. The fourth-order valence-corrected chi connectivity index (χ4v) is 2.35. The summed E-state index contributed by atoms with van der Waals surface area (Å²) in [4.78, 5) is 6.91. The summed E-state index contributed by atoms with van der Waals surface area (Å²) in [6.07, 6.45) is 3.74. The van der Waals surface area contributed by atoms with Gasteiger partial charge in [0, 0.05) is 18.8 Å². The third kappa shape index (κ3) is 2.81. The molecule has 0 spiro atoms. The van der Waals surface area contributed by atoms with E-state index in [4.69, 9.17) is 0 Å². The number of pyridine rings is 1. The number of nitrogens with zero attached hydrogens (tertiary/aromatic N) is 3. The Labute approximate surface area is 109 Å². The van der Waals surface area contributed by atoms with E-state index in [1.54, 1.807) is 0 Å². The summed E-state index contributed by atoms with van der Waals surface area (Å²) in [6.45, 7) is 8.21. The van der Waals surface area contributed by atoms with Crippen LogP contribution < -0.4 is 4.90 Å². The molecule has 96 valence electrons. The van der Waals surface area contributed by atoms with E-state index >= 15 is 0 Å². The van der Waals surface area contributed by atoms with Gasteiger partial charge in [-0.3, -0.25) is 0 Å². The highest BCUT2D eigenvalue weighted by molar-refractivity contribution is 5.58. The largest absolute Gasteiger partial charge is 0.355 e. The van der Waals surface area contributed by atoms with Gasteiger partial charge >= 0.3 is 0 Å². The van der Waals surface area contributed by atoms with Crippen molar-refractivity contribution in [1.82, 2.24) is 4.98 Å². The van der Waals surface area contributed by atoms with Gasteiger partial charge < -0.3 is 4.90 Å². The zero-order chi connectivity index (χ0) is 13.1. The van der Waals surface area contributed by atoms with Crippen LogP contribution in [-0.4, -0.2) is 18.1 Å². The highest BCUT2D eigenvalue weighted by Gasteiger charge is 2.26. The molecule has 0 N–H and O–H groups in total. The first-order chi connectivity index (χ1) is 8.65. The molecule has 1 saturated carbocycles. The fourth-order valence-electron chi connectivity index (χ4n) is 2.35. The number of aryl methyl sites for hydroxylation is 2. The van der Waals surface area contributed by atoms with Crippen molar-refractivity contribution in [2.45, 2.75) is 40.0 Å². The second-order valence-corrected chi connectivity index (χ2v) is 5.28. The Morgan fingerprint density at radius 1 is 1.44 bits per heavy atom. The molecule has 1 aromatic heterocycles. The Bertz CT molecular complexity index is 469. The molecular weight excluding hydrogens is 222 g/mol. The molecule has 0 aliphatic heterocycles. The summed E-state index contributed by atoms with van der Waals surface area (Å²) in [5, 5.41) is 9.34. The molecular formula is C15H21N3. The average molecular weight is 243 g/mol. The van der Waals surface area contributed by atoms with Gasteiger partial charge in [-0.05, 0) is 50.7 Å². The number of nitriles is 1. The number of anilines is 1. The highest BCUT2D eigenvalue weighted by atomic mass is 15.2. The SMILES string of the molecule is CCCN(CC1CC1)c1nc(C)cc(C)c1C#N. The van der Waals surface area contributed by atoms with Crippen LogP contribution in [0.25, 0.3) is 0 Å². The Kier molecular flexibility index (Phi) is 3.86. The molecule has 1 aliphatic carbocycles. The monoisotopic (exact) mass is 243 g/mol. The molecule has 3 nitrogen and oxygen atoms in total. The summed E-state index contributed by atoms with van der Waals surface area (Å²) in [7, 11) is 0. The van der Waals surface area contributed by atoms with Crippen molar-refractivity contribution in [3.05, 3.63) is 22.9 Å². The zero-order valence-corrected chi connectivity index (χ0v) is 11.5. The fraction of sp³-hybridized carbons (Fsp3) is 0.600. The van der Waals surface area contributed by atoms with Crippen LogP contribution in [0, 0.1) is 31.1 Å². The second-order valence-electron chi connectivity index (χ2n) is 5.28. The Balaban J connectivity index is 2.35. The van der Waals surface area contributed by atoms with E-state index in [0.29, 0.717) is 0 Å². The second kappa shape index (κ2) is 5.39. The maximum absolute atomic E-state index is 9.34. The van der Waals surface area contributed by atoms with Gasteiger partial charge in [0.2, 0.25) is 0 Å². The predicted octanol–water partition coefficient (Wildman–Crippen LogP) is 3.20. The number of aromatic nitrogens is 1. The van der Waals surface area contributed by atoms with E-state index in [0.717, 1.165) is 48.1 Å². The van der Waals surface area contributed by atoms with Crippen molar-refractivity contribution in [3.63, 3.8) is 0 Å². The lowest BCUT2D eigenvalue weighted by atomic mass is 10.1. The molecule has 1 fully saturated rings. The van der Waals surface area contributed by atoms with Crippen LogP contribution in [-0.2, 0) is 0 Å². The van der Waals surface area contributed by atoms with Crippen LogP contribution in [0.15, 0.2) is 6.07 Å². The molecule has 1 aromatic rings. The molecule has 1 heterocycles. The van der Waals surface area contributed by atoms with Crippen molar-refractivity contribution in [2.24, 2.45) is 5.92 Å². The Morgan fingerprint density at radius 2 is 2.17 bits per heavy atom. The van der Waals surface area contributed by atoms with Crippen LogP contribution in [0.2, 0.25) is 0 Å². The summed E-state index contributed by atoms with van der Waals surface area (Å²) >= 11 is 0. The van der Waals surface area contributed by atoms with E-state index < -0.39 is 0 Å². The van der Waals surface area contributed by atoms with Crippen molar-refractivity contribution >= 4 is 5.82 Å². The van der Waals surface area contributed by atoms with Gasteiger partial charge in [-0.15, -0.1) is 0 Å². The molecule has 2 rings (SSSR count). The Hall–Kier alpha value is -1.56. The Morgan fingerprint density at radius 3 is 2.72 bits per heavy atom. The van der Waals surface area contributed by atoms with Gasteiger partial charge in [0.05, 0.1) is 5.56 Å². The lowest BCUT2D eigenvalue weighted by Crippen LogP contribution is -2.28. The van der Waals surface area contributed by atoms with Gasteiger partial charge in [0.25, 0.3) is 0 Å². The normalized spacial score (nSPS) is 14.3. The molecule has 0 aromatic carbocycles. The molecule has 1 aliphatic rings. The third-order valence-corrected chi connectivity index (χ3v) is 3.41. The standard InChI is InChI=1S/C15H21N3/c1-4-7-18(10-13-5-6-13)15-14(9-16)11(2)8-12(3)17-15/h8,13H,4-7,10H2,1-3H3.